The maximum Gasteiger partial charge on any atom is 0.00701 e. The summed E-state index contributed by atoms with van der Waals surface area (Å²) in [7, 11) is 0. The molecule has 0 heterocycles. The van der Waals surface area contributed by atoms with E-state index in [0.717, 1.165) is 6.54 Å². The lowest BCUT2D eigenvalue weighted by atomic mass is 10.0. The quantitative estimate of drug-likeness (QED) is 0.701. The summed E-state index contributed by atoms with van der Waals surface area (Å²) in [5.41, 5.74) is 1.46. The molecule has 0 fully saturated rings. The fraction of sp³-hybridized carbons (Fsp3) is 0.600. The fourth-order valence-corrected chi connectivity index (χ4v) is 2.07. The summed E-state index contributed by atoms with van der Waals surface area (Å²) in [5.74, 6) is 0. The van der Waals surface area contributed by atoms with E-state index in [1.54, 1.807) is 0 Å². The SMILES string of the molecule is CCCCC(CCc1ccccc1)NCC. The van der Waals surface area contributed by atoms with Gasteiger partial charge in [-0.25, -0.2) is 0 Å². The van der Waals surface area contributed by atoms with Crippen molar-refractivity contribution in [1.29, 1.82) is 0 Å². The molecule has 0 aliphatic rings. The van der Waals surface area contributed by atoms with Crippen molar-refractivity contribution in [2.75, 3.05) is 6.54 Å². The van der Waals surface area contributed by atoms with Gasteiger partial charge in [0, 0.05) is 6.04 Å². The Kier molecular flexibility index (Phi) is 6.91. The number of hydrogen-bond donors (Lipinski definition) is 1. The van der Waals surface area contributed by atoms with Gasteiger partial charge in [0.25, 0.3) is 0 Å². The van der Waals surface area contributed by atoms with E-state index in [4.69, 9.17) is 0 Å². The average molecular weight is 219 g/mol. The van der Waals surface area contributed by atoms with Crippen molar-refractivity contribution in [3.63, 3.8) is 0 Å². The van der Waals surface area contributed by atoms with Crippen LogP contribution in [0.25, 0.3) is 0 Å². The minimum Gasteiger partial charge on any atom is -0.314 e. The van der Waals surface area contributed by atoms with Crippen LogP contribution in [-0.2, 0) is 6.42 Å². The van der Waals surface area contributed by atoms with Gasteiger partial charge in [-0.05, 0) is 31.4 Å². The molecule has 1 atom stereocenters. The average Bonchev–Trinajstić information content (AvgIpc) is 2.34. The topological polar surface area (TPSA) is 12.0 Å². The first-order chi connectivity index (χ1) is 7.86. The second-order valence-electron chi connectivity index (χ2n) is 4.42. The van der Waals surface area contributed by atoms with Crippen LogP contribution in [0.4, 0.5) is 0 Å². The van der Waals surface area contributed by atoms with Gasteiger partial charge in [-0.3, -0.25) is 0 Å². The molecule has 16 heavy (non-hydrogen) atoms. The number of aryl methyl sites for hydroxylation is 1. The van der Waals surface area contributed by atoms with E-state index in [-0.39, 0.29) is 0 Å². The third kappa shape index (κ3) is 5.32. The highest BCUT2D eigenvalue weighted by Gasteiger charge is 2.06. The van der Waals surface area contributed by atoms with Gasteiger partial charge in [-0.2, -0.15) is 0 Å². The molecule has 1 aromatic carbocycles. The summed E-state index contributed by atoms with van der Waals surface area (Å²) >= 11 is 0. The van der Waals surface area contributed by atoms with Crippen LogP contribution in [0.3, 0.4) is 0 Å². The number of benzene rings is 1. The first kappa shape index (κ1) is 13.2. The van der Waals surface area contributed by atoms with Crippen molar-refractivity contribution in [3.8, 4) is 0 Å². The summed E-state index contributed by atoms with van der Waals surface area (Å²) < 4.78 is 0. The lowest BCUT2D eigenvalue weighted by Crippen LogP contribution is -2.29. The minimum absolute atomic E-state index is 0.699. The zero-order chi connectivity index (χ0) is 11.6. The Morgan fingerprint density at radius 3 is 2.44 bits per heavy atom. The molecule has 1 rings (SSSR count). The molecular formula is C15H25N. The van der Waals surface area contributed by atoms with Crippen LogP contribution in [0, 0.1) is 0 Å². The van der Waals surface area contributed by atoms with Crippen LogP contribution in [0.5, 0.6) is 0 Å². The van der Waals surface area contributed by atoms with Gasteiger partial charge < -0.3 is 5.32 Å². The zero-order valence-corrected chi connectivity index (χ0v) is 10.7. The van der Waals surface area contributed by atoms with Crippen molar-refractivity contribution in [2.45, 2.75) is 52.0 Å². The molecule has 0 aliphatic heterocycles. The van der Waals surface area contributed by atoms with Crippen LogP contribution < -0.4 is 5.32 Å². The van der Waals surface area contributed by atoms with Crippen molar-refractivity contribution >= 4 is 0 Å². The molecule has 1 heteroatoms. The molecule has 1 unspecified atom stereocenters. The molecule has 1 aromatic rings. The van der Waals surface area contributed by atoms with Gasteiger partial charge in [0.1, 0.15) is 0 Å². The molecule has 90 valence electrons. The summed E-state index contributed by atoms with van der Waals surface area (Å²) in [4.78, 5) is 0. The summed E-state index contributed by atoms with van der Waals surface area (Å²) in [6, 6.07) is 11.5. The van der Waals surface area contributed by atoms with Gasteiger partial charge in [-0.15, -0.1) is 0 Å². The molecule has 0 saturated heterocycles. The third-order valence-corrected chi connectivity index (χ3v) is 3.02. The highest BCUT2D eigenvalue weighted by atomic mass is 14.9. The lowest BCUT2D eigenvalue weighted by Gasteiger charge is -2.17. The molecule has 0 aromatic heterocycles. The Hall–Kier alpha value is -0.820. The number of rotatable bonds is 8. The first-order valence-corrected chi connectivity index (χ1v) is 6.64. The van der Waals surface area contributed by atoms with E-state index in [0.29, 0.717) is 6.04 Å². The van der Waals surface area contributed by atoms with Gasteiger partial charge in [0.05, 0.1) is 0 Å². The lowest BCUT2D eigenvalue weighted by molar-refractivity contribution is 0.449. The summed E-state index contributed by atoms with van der Waals surface area (Å²) in [6.07, 6.45) is 6.41. The van der Waals surface area contributed by atoms with Crippen molar-refractivity contribution in [2.24, 2.45) is 0 Å². The van der Waals surface area contributed by atoms with Crippen LogP contribution in [0.1, 0.15) is 45.1 Å². The molecule has 0 radical (unpaired) electrons. The van der Waals surface area contributed by atoms with E-state index in [1.807, 2.05) is 0 Å². The predicted octanol–water partition coefficient (Wildman–Crippen LogP) is 3.79. The monoisotopic (exact) mass is 219 g/mol. The second kappa shape index (κ2) is 8.35. The van der Waals surface area contributed by atoms with Gasteiger partial charge in [-0.1, -0.05) is 57.0 Å². The standard InChI is InChI=1S/C15H25N/c1-3-5-11-15(16-4-2)13-12-14-9-7-6-8-10-14/h6-10,15-16H,3-5,11-13H2,1-2H3. The second-order valence-corrected chi connectivity index (χ2v) is 4.42. The molecule has 0 bridgehead atoms. The Morgan fingerprint density at radius 1 is 1.06 bits per heavy atom. The van der Waals surface area contributed by atoms with E-state index in [1.165, 1.54) is 37.7 Å². The smallest absolute Gasteiger partial charge is 0.00701 e. The Balaban J connectivity index is 2.31. The summed E-state index contributed by atoms with van der Waals surface area (Å²) in [6.45, 7) is 5.55. The number of hydrogen-bond acceptors (Lipinski definition) is 1. The predicted molar refractivity (Wildman–Crippen MR) is 71.8 cm³/mol. The number of unbranched alkanes of at least 4 members (excludes halogenated alkanes) is 1. The van der Waals surface area contributed by atoms with Crippen LogP contribution in [0.2, 0.25) is 0 Å². The van der Waals surface area contributed by atoms with E-state index in [2.05, 4.69) is 49.5 Å². The van der Waals surface area contributed by atoms with E-state index >= 15 is 0 Å². The van der Waals surface area contributed by atoms with Crippen molar-refractivity contribution in [3.05, 3.63) is 35.9 Å². The largest absolute Gasteiger partial charge is 0.314 e. The van der Waals surface area contributed by atoms with Gasteiger partial charge in [0.15, 0.2) is 0 Å². The molecule has 0 amide bonds. The highest BCUT2D eigenvalue weighted by molar-refractivity contribution is 5.14. The minimum atomic E-state index is 0.699. The first-order valence-electron chi connectivity index (χ1n) is 6.64. The van der Waals surface area contributed by atoms with Crippen LogP contribution in [0.15, 0.2) is 30.3 Å². The molecule has 0 saturated carbocycles. The Labute approximate surface area is 100 Å². The normalized spacial score (nSPS) is 12.6. The van der Waals surface area contributed by atoms with Crippen molar-refractivity contribution in [1.82, 2.24) is 5.32 Å². The maximum absolute atomic E-state index is 3.59. The van der Waals surface area contributed by atoms with Crippen LogP contribution in [-0.4, -0.2) is 12.6 Å². The Morgan fingerprint density at radius 2 is 1.81 bits per heavy atom. The van der Waals surface area contributed by atoms with Crippen LogP contribution >= 0.6 is 0 Å². The van der Waals surface area contributed by atoms with E-state index < -0.39 is 0 Å². The summed E-state index contributed by atoms with van der Waals surface area (Å²) in [5, 5.41) is 3.59. The fourth-order valence-electron chi connectivity index (χ4n) is 2.07. The highest BCUT2D eigenvalue weighted by Crippen LogP contribution is 2.09. The van der Waals surface area contributed by atoms with E-state index in [9.17, 15) is 0 Å². The van der Waals surface area contributed by atoms with Gasteiger partial charge in [0.2, 0.25) is 0 Å². The van der Waals surface area contributed by atoms with Gasteiger partial charge >= 0.3 is 0 Å². The molecule has 1 nitrogen and oxygen atoms in total. The van der Waals surface area contributed by atoms with Crippen molar-refractivity contribution < 1.29 is 0 Å². The molecule has 1 N–H and O–H groups in total. The Bertz CT molecular complexity index is 255. The third-order valence-electron chi connectivity index (χ3n) is 3.02. The number of nitrogens with one attached hydrogen (secondary N) is 1. The maximum atomic E-state index is 3.59. The molecule has 0 aliphatic carbocycles. The zero-order valence-electron chi connectivity index (χ0n) is 10.7. The molecule has 0 spiro atoms. The molecular weight excluding hydrogens is 194 g/mol.